The summed E-state index contributed by atoms with van der Waals surface area (Å²) in [7, 11) is 3.17. The molecule has 2 aromatic rings. The first-order chi connectivity index (χ1) is 12.0. The standard InChI is InChI=1S/C19H23NO5/c1-4-16(19(21)22)25-13-7-5-12(6-8-13)18(20)15-10-9-14(23-2)11-17(15)24-3/h5-11,16,18H,4,20H2,1-3H3,(H,21,22). The maximum absolute atomic E-state index is 11.0. The Balaban J connectivity index is 2.20. The number of methoxy groups -OCH3 is 2. The maximum Gasteiger partial charge on any atom is 0.344 e. The number of carbonyl (C=O) groups is 1. The van der Waals surface area contributed by atoms with Crippen LogP contribution in [0.2, 0.25) is 0 Å². The molecule has 0 heterocycles. The monoisotopic (exact) mass is 345 g/mol. The molecule has 2 atom stereocenters. The molecule has 0 aliphatic heterocycles. The molecule has 0 saturated carbocycles. The molecule has 2 unspecified atom stereocenters. The lowest BCUT2D eigenvalue weighted by Gasteiger charge is -2.18. The van der Waals surface area contributed by atoms with Crippen molar-refractivity contribution >= 4 is 5.97 Å². The highest BCUT2D eigenvalue weighted by atomic mass is 16.5. The van der Waals surface area contributed by atoms with Gasteiger partial charge in [0.05, 0.1) is 20.3 Å². The highest BCUT2D eigenvalue weighted by Crippen LogP contribution is 2.32. The molecule has 3 N–H and O–H groups in total. The number of aliphatic carboxylic acids is 1. The first kappa shape index (κ1) is 18.6. The van der Waals surface area contributed by atoms with Gasteiger partial charge in [-0.2, -0.15) is 0 Å². The Kier molecular flexibility index (Phi) is 6.25. The minimum atomic E-state index is -0.980. The highest BCUT2D eigenvalue weighted by molar-refractivity contribution is 5.72. The van der Waals surface area contributed by atoms with Gasteiger partial charge in [0.25, 0.3) is 0 Å². The molecule has 0 aromatic heterocycles. The second-order valence-corrected chi connectivity index (χ2v) is 5.51. The van der Waals surface area contributed by atoms with Crippen molar-refractivity contribution in [1.82, 2.24) is 0 Å². The van der Waals surface area contributed by atoms with Crippen LogP contribution in [0.1, 0.15) is 30.5 Å². The Labute approximate surface area is 147 Å². The van der Waals surface area contributed by atoms with E-state index in [1.54, 1.807) is 39.3 Å². The largest absolute Gasteiger partial charge is 0.497 e. The van der Waals surface area contributed by atoms with Crippen LogP contribution >= 0.6 is 0 Å². The topological polar surface area (TPSA) is 91.0 Å². The Hall–Kier alpha value is -2.73. The SMILES string of the molecule is CCC(Oc1ccc(C(N)c2ccc(OC)cc2OC)cc1)C(=O)O. The van der Waals surface area contributed by atoms with Crippen LogP contribution in [-0.2, 0) is 4.79 Å². The van der Waals surface area contributed by atoms with Crippen molar-refractivity contribution in [3.8, 4) is 17.2 Å². The van der Waals surface area contributed by atoms with Gasteiger partial charge >= 0.3 is 5.97 Å². The van der Waals surface area contributed by atoms with Gasteiger partial charge in [-0.15, -0.1) is 0 Å². The minimum absolute atomic E-state index is 0.389. The number of ether oxygens (including phenoxy) is 3. The van der Waals surface area contributed by atoms with Crippen molar-refractivity contribution in [2.45, 2.75) is 25.5 Å². The second-order valence-electron chi connectivity index (χ2n) is 5.51. The number of benzene rings is 2. The van der Waals surface area contributed by atoms with Crippen LogP contribution in [0.5, 0.6) is 17.2 Å². The first-order valence-corrected chi connectivity index (χ1v) is 7.97. The molecule has 0 aliphatic carbocycles. The van der Waals surface area contributed by atoms with Gasteiger partial charge in [0.1, 0.15) is 17.2 Å². The van der Waals surface area contributed by atoms with E-state index in [0.29, 0.717) is 23.7 Å². The third-order valence-corrected chi connectivity index (χ3v) is 3.94. The summed E-state index contributed by atoms with van der Waals surface area (Å²) in [5, 5.41) is 9.06. The third-order valence-electron chi connectivity index (χ3n) is 3.94. The summed E-state index contributed by atoms with van der Waals surface area (Å²) in [6, 6.07) is 12.2. The van der Waals surface area contributed by atoms with Gasteiger partial charge in [-0.05, 0) is 36.2 Å². The molecule has 0 spiro atoms. The lowest BCUT2D eigenvalue weighted by molar-refractivity contribution is -0.145. The van der Waals surface area contributed by atoms with Crippen molar-refractivity contribution in [3.05, 3.63) is 53.6 Å². The molecular weight excluding hydrogens is 322 g/mol. The van der Waals surface area contributed by atoms with Crippen LogP contribution in [0, 0.1) is 0 Å². The summed E-state index contributed by atoms with van der Waals surface area (Å²) >= 11 is 0. The van der Waals surface area contributed by atoms with E-state index in [0.717, 1.165) is 11.1 Å². The van der Waals surface area contributed by atoms with E-state index in [1.807, 2.05) is 24.3 Å². The number of carboxylic acids is 1. The number of rotatable bonds is 8. The molecule has 2 aromatic carbocycles. The molecule has 134 valence electrons. The van der Waals surface area contributed by atoms with E-state index in [4.69, 9.17) is 25.1 Å². The van der Waals surface area contributed by atoms with E-state index in [2.05, 4.69) is 0 Å². The maximum atomic E-state index is 11.0. The summed E-state index contributed by atoms with van der Waals surface area (Å²) < 4.78 is 16.1. The summed E-state index contributed by atoms with van der Waals surface area (Å²) in [5.41, 5.74) is 8.04. The number of carboxylic acid groups (broad SMARTS) is 1. The molecule has 6 nitrogen and oxygen atoms in total. The molecule has 0 saturated heterocycles. The van der Waals surface area contributed by atoms with E-state index >= 15 is 0 Å². The van der Waals surface area contributed by atoms with Crippen LogP contribution in [-0.4, -0.2) is 31.4 Å². The van der Waals surface area contributed by atoms with Gasteiger partial charge in [0.2, 0.25) is 0 Å². The van der Waals surface area contributed by atoms with Crippen LogP contribution < -0.4 is 19.9 Å². The number of hydrogen-bond acceptors (Lipinski definition) is 5. The predicted octanol–water partition coefficient (Wildman–Crippen LogP) is 2.99. The van der Waals surface area contributed by atoms with Gasteiger partial charge in [0.15, 0.2) is 6.10 Å². The van der Waals surface area contributed by atoms with Crippen molar-refractivity contribution in [1.29, 1.82) is 0 Å². The van der Waals surface area contributed by atoms with E-state index in [-0.39, 0.29) is 0 Å². The Morgan fingerprint density at radius 3 is 2.24 bits per heavy atom. The van der Waals surface area contributed by atoms with Crippen LogP contribution in [0.25, 0.3) is 0 Å². The second kappa shape index (κ2) is 8.39. The van der Waals surface area contributed by atoms with E-state index < -0.39 is 18.1 Å². The zero-order chi connectivity index (χ0) is 18.4. The summed E-state index contributed by atoms with van der Waals surface area (Å²) in [6.45, 7) is 1.76. The molecule has 0 bridgehead atoms. The van der Waals surface area contributed by atoms with Crippen molar-refractivity contribution in [3.63, 3.8) is 0 Å². The highest BCUT2D eigenvalue weighted by Gasteiger charge is 2.18. The first-order valence-electron chi connectivity index (χ1n) is 7.97. The molecule has 2 rings (SSSR count). The fourth-order valence-electron chi connectivity index (χ4n) is 2.48. The van der Waals surface area contributed by atoms with Crippen molar-refractivity contribution in [2.75, 3.05) is 14.2 Å². The van der Waals surface area contributed by atoms with Gasteiger partial charge in [-0.3, -0.25) is 0 Å². The molecule has 0 amide bonds. The zero-order valence-corrected chi connectivity index (χ0v) is 14.6. The molecular formula is C19H23NO5. The quantitative estimate of drug-likeness (QED) is 0.764. The number of hydrogen-bond donors (Lipinski definition) is 2. The summed E-state index contributed by atoms with van der Waals surface area (Å²) in [4.78, 5) is 11.0. The lowest BCUT2D eigenvalue weighted by Crippen LogP contribution is -2.25. The van der Waals surface area contributed by atoms with E-state index in [9.17, 15) is 4.79 Å². The smallest absolute Gasteiger partial charge is 0.344 e. The van der Waals surface area contributed by atoms with E-state index in [1.165, 1.54) is 0 Å². The zero-order valence-electron chi connectivity index (χ0n) is 14.6. The Morgan fingerprint density at radius 1 is 1.08 bits per heavy atom. The van der Waals surface area contributed by atoms with Gasteiger partial charge in [-0.1, -0.05) is 19.1 Å². The Morgan fingerprint density at radius 2 is 1.72 bits per heavy atom. The molecule has 6 heteroatoms. The fourth-order valence-corrected chi connectivity index (χ4v) is 2.48. The van der Waals surface area contributed by atoms with Crippen molar-refractivity contribution in [2.24, 2.45) is 5.73 Å². The Bertz CT molecular complexity index is 714. The summed E-state index contributed by atoms with van der Waals surface area (Å²) in [6.07, 6.45) is -0.471. The average Bonchev–Trinajstić information content (AvgIpc) is 2.65. The minimum Gasteiger partial charge on any atom is -0.497 e. The van der Waals surface area contributed by atoms with Crippen molar-refractivity contribution < 1.29 is 24.1 Å². The fraction of sp³-hybridized carbons (Fsp3) is 0.316. The van der Waals surface area contributed by atoms with Gasteiger partial charge in [-0.25, -0.2) is 4.79 Å². The van der Waals surface area contributed by atoms with Crippen LogP contribution in [0.3, 0.4) is 0 Å². The lowest BCUT2D eigenvalue weighted by atomic mass is 9.98. The van der Waals surface area contributed by atoms with Crippen LogP contribution in [0.4, 0.5) is 0 Å². The molecule has 0 aliphatic rings. The number of nitrogens with two attached hydrogens (primary N) is 1. The summed E-state index contributed by atoms with van der Waals surface area (Å²) in [5.74, 6) is 0.845. The average molecular weight is 345 g/mol. The molecule has 0 fully saturated rings. The van der Waals surface area contributed by atoms with Crippen LogP contribution in [0.15, 0.2) is 42.5 Å². The third kappa shape index (κ3) is 4.42. The van der Waals surface area contributed by atoms with Gasteiger partial charge < -0.3 is 25.1 Å². The normalized spacial score (nSPS) is 13.0. The molecule has 25 heavy (non-hydrogen) atoms. The predicted molar refractivity (Wildman–Crippen MR) is 94.4 cm³/mol. The van der Waals surface area contributed by atoms with Gasteiger partial charge in [0, 0.05) is 11.6 Å². The molecule has 0 radical (unpaired) electrons.